The first kappa shape index (κ1) is 14.5. The number of carboxylic acids is 1. The average molecular weight is 253 g/mol. The Kier molecular flexibility index (Phi) is 5.12. The third-order valence-electron chi connectivity index (χ3n) is 2.43. The molecule has 1 aromatic carbocycles. The molecule has 5 nitrogen and oxygen atoms in total. The van der Waals surface area contributed by atoms with Gasteiger partial charge >= 0.3 is 5.97 Å². The summed E-state index contributed by atoms with van der Waals surface area (Å²) in [4.78, 5) is 10.4. The molecule has 18 heavy (non-hydrogen) atoms. The third kappa shape index (κ3) is 5.16. The number of aliphatic hydroxyl groups excluding tert-OH is 1. The smallest absolute Gasteiger partial charge is 0.341 e. The van der Waals surface area contributed by atoms with E-state index in [0.717, 1.165) is 5.56 Å². The van der Waals surface area contributed by atoms with Crippen LogP contribution in [0, 0.1) is 0 Å². The zero-order valence-electron chi connectivity index (χ0n) is 10.6. The number of carbonyl (C=O) groups is 1. The van der Waals surface area contributed by atoms with Crippen molar-refractivity contribution in [2.75, 3.05) is 13.2 Å². The van der Waals surface area contributed by atoms with Gasteiger partial charge in [0.1, 0.15) is 5.75 Å². The molecule has 0 amide bonds. The van der Waals surface area contributed by atoms with Gasteiger partial charge in [-0.2, -0.15) is 0 Å². The summed E-state index contributed by atoms with van der Waals surface area (Å²) in [6.07, 6.45) is 0. The first-order chi connectivity index (χ1) is 8.43. The molecule has 5 heteroatoms. The second-order valence-electron chi connectivity index (χ2n) is 4.73. The average Bonchev–Trinajstić information content (AvgIpc) is 2.35. The van der Waals surface area contributed by atoms with E-state index in [0.29, 0.717) is 12.3 Å². The molecule has 0 saturated heterocycles. The van der Waals surface area contributed by atoms with E-state index in [4.69, 9.17) is 14.9 Å². The summed E-state index contributed by atoms with van der Waals surface area (Å²) in [5, 5.41) is 20.8. The molecule has 0 aliphatic carbocycles. The molecular formula is C13H19NO4. The maximum absolute atomic E-state index is 10.4. The number of rotatable bonds is 7. The van der Waals surface area contributed by atoms with Gasteiger partial charge in [0.05, 0.1) is 6.61 Å². The molecule has 1 aromatic rings. The first-order valence-corrected chi connectivity index (χ1v) is 5.72. The van der Waals surface area contributed by atoms with Gasteiger partial charge in [0.2, 0.25) is 0 Å². The van der Waals surface area contributed by atoms with Crippen LogP contribution in [0.15, 0.2) is 24.3 Å². The van der Waals surface area contributed by atoms with Crippen molar-refractivity contribution in [3.05, 3.63) is 29.8 Å². The number of aliphatic carboxylic acids is 1. The van der Waals surface area contributed by atoms with Gasteiger partial charge in [-0.25, -0.2) is 4.79 Å². The van der Waals surface area contributed by atoms with Gasteiger partial charge in [0.15, 0.2) is 6.61 Å². The molecule has 0 aliphatic rings. The van der Waals surface area contributed by atoms with Crippen molar-refractivity contribution in [2.24, 2.45) is 0 Å². The van der Waals surface area contributed by atoms with Crippen molar-refractivity contribution >= 4 is 5.97 Å². The van der Waals surface area contributed by atoms with Crippen molar-refractivity contribution in [1.82, 2.24) is 5.32 Å². The van der Waals surface area contributed by atoms with Crippen molar-refractivity contribution < 1.29 is 19.7 Å². The molecule has 0 fully saturated rings. The van der Waals surface area contributed by atoms with Crippen LogP contribution in [-0.4, -0.2) is 34.9 Å². The van der Waals surface area contributed by atoms with E-state index in [1.807, 2.05) is 19.9 Å². The van der Waals surface area contributed by atoms with Gasteiger partial charge in [0.25, 0.3) is 0 Å². The van der Waals surface area contributed by atoms with Gasteiger partial charge in [0, 0.05) is 12.1 Å². The molecule has 0 heterocycles. The quantitative estimate of drug-likeness (QED) is 0.676. The van der Waals surface area contributed by atoms with Crippen LogP contribution in [0.5, 0.6) is 5.75 Å². The molecule has 0 bridgehead atoms. The third-order valence-corrected chi connectivity index (χ3v) is 2.43. The molecule has 3 N–H and O–H groups in total. The zero-order chi connectivity index (χ0) is 13.6. The highest BCUT2D eigenvalue weighted by Crippen LogP contribution is 2.14. The van der Waals surface area contributed by atoms with E-state index < -0.39 is 5.97 Å². The summed E-state index contributed by atoms with van der Waals surface area (Å²) in [7, 11) is 0. The number of hydrogen-bond acceptors (Lipinski definition) is 4. The Morgan fingerprint density at radius 3 is 2.78 bits per heavy atom. The molecule has 0 spiro atoms. The van der Waals surface area contributed by atoms with E-state index in [-0.39, 0.29) is 18.8 Å². The predicted molar refractivity (Wildman–Crippen MR) is 67.6 cm³/mol. The number of benzene rings is 1. The monoisotopic (exact) mass is 253 g/mol. The van der Waals surface area contributed by atoms with Gasteiger partial charge in [-0.1, -0.05) is 12.1 Å². The largest absolute Gasteiger partial charge is 0.482 e. The summed E-state index contributed by atoms with van der Waals surface area (Å²) in [6.45, 7) is 4.08. The standard InChI is InChI=1S/C13H19NO4/c1-13(2,9-15)14-7-10-4-3-5-11(6-10)18-8-12(16)17/h3-6,14-15H,7-9H2,1-2H3,(H,16,17). The fourth-order valence-corrected chi connectivity index (χ4v) is 1.29. The second-order valence-corrected chi connectivity index (χ2v) is 4.73. The topological polar surface area (TPSA) is 78.8 Å². The van der Waals surface area contributed by atoms with Crippen LogP contribution in [0.2, 0.25) is 0 Å². The number of ether oxygens (including phenoxy) is 1. The summed E-state index contributed by atoms with van der Waals surface area (Å²) < 4.78 is 5.09. The Balaban J connectivity index is 2.56. The number of carboxylic acid groups (broad SMARTS) is 1. The highest BCUT2D eigenvalue weighted by molar-refractivity contribution is 5.68. The molecule has 100 valence electrons. The molecule has 0 saturated carbocycles. The lowest BCUT2D eigenvalue weighted by Gasteiger charge is -2.23. The van der Waals surface area contributed by atoms with Crippen molar-refractivity contribution in [1.29, 1.82) is 0 Å². The Labute approximate surface area is 106 Å². The summed E-state index contributed by atoms with van der Waals surface area (Å²) in [5.41, 5.74) is 0.622. The van der Waals surface area contributed by atoms with E-state index in [9.17, 15) is 4.79 Å². The molecule has 0 radical (unpaired) electrons. The van der Waals surface area contributed by atoms with Gasteiger partial charge < -0.3 is 20.3 Å². The highest BCUT2D eigenvalue weighted by Gasteiger charge is 2.14. The minimum atomic E-state index is -1.00. The van der Waals surface area contributed by atoms with Crippen LogP contribution >= 0.6 is 0 Å². The fraction of sp³-hybridized carbons (Fsp3) is 0.462. The van der Waals surface area contributed by atoms with Gasteiger partial charge in [-0.05, 0) is 31.5 Å². The number of nitrogens with one attached hydrogen (secondary N) is 1. The van der Waals surface area contributed by atoms with Gasteiger partial charge in [-0.3, -0.25) is 0 Å². The lowest BCUT2D eigenvalue weighted by Crippen LogP contribution is -2.42. The molecule has 0 atom stereocenters. The van der Waals surface area contributed by atoms with Crippen LogP contribution in [0.1, 0.15) is 19.4 Å². The SMILES string of the molecule is CC(C)(CO)NCc1cccc(OCC(=O)O)c1. The number of aliphatic hydroxyl groups is 1. The summed E-state index contributed by atoms with van der Waals surface area (Å²) >= 11 is 0. The van der Waals surface area contributed by atoms with E-state index in [1.54, 1.807) is 18.2 Å². The zero-order valence-corrected chi connectivity index (χ0v) is 10.6. The summed E-state index contributed by atoms with van der Waals surface area (Å²) in [6, 6.07) is 7.21. The first-order valence-electron chi connectivity index (χ1n) is 5.72. The lowest BCUT2D eigenvalue weighted by molar-refractivity contribution is -0.139. The molecule has 0 aromatic heterocycles. The molecule has 0 aliphatic heterocycles. The predicted octanol–water partition coefficient (Wildman–Crippen LogP) is 1.01. The van der Waals surface area contributed by atoms with Crippen LogP contribution in [0.3, 0.4) is 0 Å². The highest BCUT2D eigenvalue weighted by atomic mass is 16.5. The normalized spacial score (nSPS) is 11.3. The minimum Gasteiger partial charge on any atom is -0.482 e. The lowest BCUT2D eigenvalue weighted by atomic mass is 10.1. The Bertz CT molecular complexity index is 404. The Hall–Kier alpha value is -1.59. The van der Waals surface area contributed by atoms with Crippen molar-refractivity contribution in [3.8, 4) is 5.75 Å². The Morgan fingerprint density at radius 2 is 2.17 bits per heavy atom. The van der Waals surface area contributed by atoms with Crippen LogP contribution in [0.25, 0.3) is 0 Å². The van der Waals surface area contributed by atoms with Crippen molar-refractivity contribution in [2.45, 2.75) is 25.9 Å². The molecule has 0 unspecified atom stereocenters. The van der Waals surface area contributed by atoms with Crippen LogP contribution in [0.4, 0.5) is 0 Å². The summed E-state index contributed by atoms with van der Waals surface area (Å²) in [5.74, 6) is -0.474. The van der Waals surface area contributed by atoms with Crippen LogP contribution in [-0.2, 0) is 11.3 Å². The maximum atomic E-state index is 10.4. The maximum Gasteiger partial charge on any atom is 0.341 e. The van der Waals surface area contributed by atoms with Gasteiger partial charge in [-0.15, -0.1) is 0 Å². The fourth-order valence-electron chi connectivity index (χ4n) is 1.29. The second kappa shape index (κ2) is 6.37. The van der Waals surface area contributed by atoms with Crippen LogP contribution < -0.4 is 10.1 Å². The number of hydrogen-bond donors (Lipinski definition) is 3. The van der Waals surface area contributed by atoms with E-state index >= 15 is 0 Å². The minimum absolute atomic E-state index is 0.0439. The Morgan fingerprint density at radius 1 is 1.44 bits per heavy atom. The van der Waals surface area contributed by atoms with E-state index in [2.05, 4.69) is 5.32 Å². The van der Waals surface area contributed by atoms with E-state index in [1.165, 1.54) is 0 Å². The molecule has 1 rings (SSSR count). The van der Waals surface area contributed by atoms with Crippen molar-refractivity contribution in [3.63, 3.8) is 0 Å². The molecular weight excluding hydrogens is 234 g/mol.